The van der Waals surface area contributed by atoms with E-state index in [0.29, 0.717) is 12.0 Å². The van der Waals surface area contributed by atoms with Gasteiger partial charge in [0, 0.05) is 55.6 Å². The summed E-state index contributed by atoms with van der Waals surface area (Å²) < 4.78 is 16.9. The molecule has 0 radical (unpaired) electrons. The molecule has 3 aliphatic carbocycles. The smallest absolute Gasteiger partial charge is 0.340 e. The van der Waals surface area contributed by atoms with Crippen molar-refractivity contribution in [3.63, 3.8) is 0 Å². The molecule has 39 heavy (non-hydrogen) atoms. The lowest BCUT2D eigenvalue weighted by Gasteiger charge is -2.53. The van der Waals surface area contributed by atoms with Crippen LogP contribution < -0.4 is 5.32 Å². The number of carboxylic acids is 1. The van der Waals surface area contributed by atoms with Crippen LogP contribution in [0.4, 0.5) is 0 Å². The van der Waals surface area contributed by atoms with Gasteiger partial charge in [-0.25, -0.2) is 9.59 Å². The highest BCUT2D eigenvalue weighted by Gasteiger charge is 2.64. The molecule has 1 aliphatic heterocycles. The molecule has 1 saturated heterocycles. The number of ketones is 2. The Kier molecular flexibility index (Phi) is 7.26. The van der Waals surface area contributed by atoms with Crippen molar-refractivity contribution in [3.8, 4) is 0 Å². The molecule has 0 unspecified atom stereocenters. The van der Waals surface area contributed by atoms with Gasteiger partial charge in [-0.15, -0.1) is 0 Å². The first-order chi connectivity index (χ1) is 18.2. The van der Waals surface area contributed by atoms with E-state index in [1.165, 1.54) is 14.0 Å². The van der Waals surface area contributed by atoms with Gasteiger partial charge >= 0.3 is 17.9 Å². The van der Waals surface area contributed by atoms with E-state index in [1.54, 1.807) is 27.7 Å². The number of carboxylic acid groups (broad SMARTS) is 1. The number of rotatable bonds is 7. The van der Waals surface area contributed by atoms with Crippen molar-refractivity contribution in [2.75, 3.05) is 13.7 Å². The predicted molar refractivity (Wildman–Crippen MR) is 135 cm³/mol. The van der Waals surface area contributed by atoms with Gasteiger partial charge in [0.05, 0.1) is 17.6 Å². The van der Waals surface area contributed by atoms with Crippen LogP contribution in [0.5, 0.6) is 0 Å². The second-order valence-electron chi connectivity index (χ2n) is 11.5. The van der Waals surface area contributed by atoms with E-state index in [4.69, 9.17) is 14.2 Å². The number of aliphatic carboxylic acids is 1. The number of aliphatic hydroxyl groups excluding tert-OH is 1. The van der Waals surface area contributed by atoms with E-state index < -0.39 is 64.4 Å². The average Bonchev–Trinajstić information content (AvgIpc) is 3.12. The zero-order chi connectivity index (χ0) is 29.0. The third-order valence-corrected chi connectivity index (χ3v) is 8.76. The van der Waals surface area contributed by atoms with Crippen molar-refractivity contribution in [1.82, 2.24) is 5.32 Å². The fourth-order valence-corrected chi connectivity index (χ4v) is 6.82. The zero-order valence-corrected chi connectivity index (χ0v) is 23.0. The summed E-state index contributed by atoms with van der Waals surface area (Å²) in [5.74, 6) is -5.03. The molecule has 212 valence electrons. The standard InChI is InChI=1S/C28H35NO10/c1-12(2)22(25(34)35)29-10-14-20-24(33)23(32)19-15-7-8-17(31)27(15,4)9-16(38-13(3)30)21(19)28(20,5)18(11-37-6)39-26(14)36/h10,12,15-16,18,22,29,33H,7-9,11H2,1-6H3,(H,34,35)/b14-10-/t15-,16+,18+,22-,27-,28-/m0/s1. The van der Waals surface area contributed by atoms with Crippen molar-refractivity contribution in [2.45, 2.75) is 72.1 Å². The summed E-state index contributed by atoms with van der Waals surface area (Å²) in [6.07, 6.45) is -0.124. The average molecular weight is 546 g/mol. The third-order valence-electron chi connectivity index (χ3n) is 8.76. The maximum Gasteiger partial charge on any atom is 0.340 e. The van der Waals surface area contributed by atoms with E-state index in [0.717, 1.165) is 6.20 Å². The number of aliphatic hydroxyl groups is 1. The number of hydrogen-bond donors (Lipinski definition) is 3. The predicted octanol–water partition coefficient (Wildman–Crippen LogP) is 2.16. The first-order valence-corrected chi connectivity index (χ1v) is 13.0. The lowest BCUT2D eigenvalue weighted by molar-refractivity contribution is -0.160. The molecular weight excluding hydrogens is 510 g/mol. The van der Waals surface area contributed by atoms with Crippen LogP contribution in [-0.4, -0.2) is 71.7 Å². The monoisotopic (exact) mass is 545 g/mol. The van der Waals surface area contributed by atoms with Crippen LogP contribution in [0, 0.1) is 22.7 Å². The molecule has 3 N–H and O–H groups in total. The molecule has 11 heteroatoms. The molecule has 4 aliphatic rings. The summed E-state index contributed by atoms with van der Waals surface area (Å²) in [6.45, 7) is 7.92. The topological polar surface area (TPSA) is 166 Å². The first kappa shape index (κ1) is 28.5. The van der Waals surface area contributed by atoms with E-state index in [-0.39, 0.29) is 47.9 Å². The molecule has 0 spiro atoms. The van der Waals surface area contributed by atoms with Crippen LogP contribution >= 0.6 is 0 Å². The molecule has 0 aromatic heterocycles. The fourth-order valence-electron chi connectivity index (χ4n) is 6.82. The fraction of sp³-hybridized carbons (Fsp3) is 0.607. The summed E-state index contributed by atoms with van der Waals surface area (Å²) >= 11 is 0. The Morgan fingerprint density at radius 2 is 1.90 bits per heavy atom. The molecule has 4 rings (SSSR count). The van der Waals surface area contributed by atoms with Crippen LogP contribution in [0.15, 0.2) is 34.3 Å². The normalized spacial score (nSPS) is 34.0. The number of methoxy groups -OCH3 is 1. The van der Waals surface area contributed by atoms with Gasteiger partial charge in [-0.3, -0.25) is 14.4 Å². The second-order valence-corrected chi connectivity index (χ2v) is 11.5. The molecule has 0 amide bonds. The van der Waals surface area contributed by atoms with Crippen molar-refractivity contribution >= 4 is 29.5 Å². The minimum atomic E-state index is -1.39. The molecule has 0 aromatic carbocycles. The summed E-state index contributed by atoms with van der Waals surface area (Å²) in [5.41, 5.74) is -2.08. The van der Waals surface area contributed by atoms with Gasteiger partial charge in [0.15, 0.2) is 5.76 Å². The van der Waals surface area contributed by atoms with E-state index in [9.17, 15) is 34.2 Å². The van der Waals surface area contributed by atoms with Gasteiger partial charge in [0.1, 0.15) is 24.0 Å². The zero-order valence-electron chi connectivity index (χ0n) is 23.0. The van der Waals surface area contributed by atoms with Gasteiger partial charge in [0.2, 0.25) is 5.78 Å². The number of hydrogen-bond acceptors (Lipinski definition) is 10. The molecule has 11 nitrogen and oxygen atoms in total. The molecule has 1 heterocycles. The number of fused-ring (bicyclic) bond motifs is 4. The lowest BCUT2D eigenvalue weighted by Crippen LogP contribution is -2.57. The lowest BCUT2D eigenvalue weighted by atomic mass is 9.53. The Labute approximate surface area is 226 Å². The molecular formula is C28H35NO10. The Bertz CT molecular complexity index is 1240. The minimum Gasteiger partial charge on any atom is -0.504 e. The summed E-state index contributed by atoms with van der Waals surface area (Å²) in [7, 11) is 1.41. The summed E-state index contributed by atoms with van der Waals surface area (Å²) in [5, 5.41) is 23.8. The van der Waals surface area contributed by atoms with Gasteiger partial charge in [0.25, 0.3) is 0 Å². The third kappa shape index (κ3) is 4.27. The Morgan fingerprint density at radius 1 is 1.23 bits per heavy atom. The van der Waals surface area contributed by atoms with Crippen LogP contribution in [0.3, 0.4) is 0 Å². The highest BCUT2D eigenvalue weighted by atomic mass is 16.6. The highest BCUT2D eigenvalue weighted by molar-refractivity contribution is 6.14. The Morgan fingerprint density at radius 3 is 2.46 bits per heavy atom. The van der Waals surface area contributed by atoms with Gasteiger partial charge in [-0.05, 0) is 24.8 Å². The Hall–Kier alpha value is -3.47. The molecule has 1 saturated carbocycles. The van der Waals surface area contributed by atoms with Crippen LogP contribution in [0.2, 0.25) is 0 Å². The van der Waals surface area contributed by atoms with Crippen molar-refractivity contribution < 1.29 is 48.4 Å². The quantitative estimate of drug-likeness (QED) is 0.317. The molecule has 2 fully saturated rings. The molecule has 0 aromatic rings. The number of carbonyl (C=O) groups excluding carboxylic acids is 4. The number of Topliss-reactive ketones (excluding diaryl/α,β-unsaturated/α-hetero) is 2. The van der Waals surface area contributed by atoms with Gasteiger partial charge < -0.3 is 29.7 Å². The highest BCUT2D eigenvalue weighted by Crippen LogP contribution is 2.62. The van der Waals surface area contributed by atoms with Gasteiger partial charge in [-0.1, -0.05) is 20.8 Å². The van der Waals surface area contributed by atoms with Crippen LogP contribution in [-0.2, 0) is 38.2 Å². The summed E-state index contributed by atoms with van der Waals surface area (Å²) in [6, 6.07) is -1.07. The number of carbonyl (C=O) groups is 5. The first-order valence-electron chi connectivity index (χ1n) is 13.0. The summed E-state index contributed by atoms with van der Waals surface area (Å²) in [4.78, 5) is 64.2. The minimum absolute atomic E-state index is 0.0508. The number of nitrogens with one attached hydrogen (secondary N) is 1. The largest absolute Gasteiger partial charge is 0.504 e. The van der Waals surface area contributed by atoms with Crippen molar-refractivity contribution in [2.24, 2.45) is 22.7 Å². The Balaban J connectivity index is 1.98. The van der Waals surface area contributed by atoms with E-state index in [2.05, 4.69) is 5.32 Å². The number of allylic oxidation sites excluding steroid dienone is 1. The van der Waals surface area contributed by atoms with Crippen molar-refractivity contribution in [1.29, 1.82) is 0 Å². The molecule has 0 bridgehead atoms. The number of esters is 2. The molecule has 6 atom stereocenters. The number of cyclic esters (lactones) is 1. The second kappa shape index (κ2) is 9.93. The van der Waals surface area contributed by atoms with Crippen LogP contribution in [0.25, 0.3) is 0 Å². The van der Waals surface area contributed by atoms with E-state index >= 15 is 0 Å². The van der Waals surface area contributed by atoms with Crippen LogP contribution in [0.1, 0.15) is 53.9 Å². The SMILES string of the molecule is COC[C@H]1OC(=O)/C(=C\N[C@H](C(=O)O)C(C)C)C2=C(O)C(=O)C3=C([C@H](OC(C)=O)C[C@]4(C)C(=O)CC[C@@H]34)[C@]21C. The van der Waals surface area contributed by atoms with Crippen molar-refractivity contribution in [3.05, 3.63) is 34.3 Å². The maximum absolute atomic E-state index is 13.9. The van der Waals surface area contributed by atoms with E-state index in [1.807, 2.05) is 0 Å². The van der Waals surface area contributed by atoms with Gasteiger partial charge in [-0.2, -0.15) is 0 Å². The number of ether oxygens (including phenoxy) is 3. The maximum atomic E-state index is 13.9.